The fraction of sp³-hybridized carbons (Fsp3) is 0.417. The average Bonchev–Trinajstić information content (AvgIpc) is 2.70. The lowest BCUT2D eigenvalue weighted by atomic mass is 10.1. The summed E-state index contributed by atoms with van der Waals surface area (Å²) in [4.78, 5) is 25.4. The highest BCUT2D eigenvalue weighted by atomic mass is 16.6. The predicted molar refractivity (Wildman–Crippen MR) is 117 cm³/mol. The third kappa shape index (κ3) is 7.87. The number of rotatable bonds is 8. The van der Waals surface area contributed by atoms with Crippen LogP contribution in [0.15, 0.2) is 60.7 Å². The van der Waals surface area contributed by atoms with Gasteiger partial charge in [-0.2, -0.15) is 0 Å². The van der Waals surface area contributed by atoms with Crippen molar-refractivity contribution < 1.29 is 19.1 Å². The molecular formula is C24H32N2O4. The summed E-state index contributed by atoms with van der Waals surface area (Å²) in [7, 11) is 0. The van der Waals surface area contributed by atoms with Crippen molar-refractivity contribution in [1.29, 1.82) is 0 Å². The van der Waals surface area contributed by atoms with Gasteiger partial charge in [-0.05, 0) is 45.7 Å². The predicted octanol–water partition coefficient (Wildman–Crippen LogP) is 4.36. The SMILES string of the molecule is C[C@H](NC(=O)[C@H](NC(=O)OC(C)(C)C)[C@@H](C)OCc1ccccc1)c1ccccc1. The number of benzene rings is 2. The minimum Gasteiger partial charge on any atom is -0.444 e. The lowest BCUT2D eigenvalue weighted by Crippen LogP contribution is -2.54. The molecule has 2 aromatic rings. The zero-order valence-electron chi connectivity index (χ0n) is 18.3. The molecular weight excluding hydrogens is 380 g/mol. The Hall–Kier alpha value is -2.86. The maximum absolute atomic E-state index is 13.0. The van der Waals surface area contributed by atoms with Gasteiger partial charge in [0.1, 0.15) is 11.6 Å². The Kier molecular flexibility index (Phi) is 8.42. The second-order valence-electron chi connectivity index (χ2n) is 8.27. The van der Waals surface area contributed by atoms with Crippen molar-refractivity contribution in [2.24, 2.45) is 0 Å². The van der Waals surface area contributed by atoms with Gasteiger partial charge < -0.3 is 20.1 Å². The summed E-state index contributed by atoms with van der Waals surface area (Å²) in [5, 5.41) is 5.62. The molecule has 0 saturated carbocycles. The Morgan fingerprint density at radius 1 is 0.900 bits per heavy atom. The van der Waals surface area contributed by atoms with E-state index in [9.17, 15) is 9.59 Å². The van der Waals surface area contributed by atoms with Gasteiger partial charge in [0.2, 0.25) is 5.91 Å². The zero-order chi connectivity index (χ0) is 22.1. The van der Waals surface area contributed by atoms with Crippen molar-refractivity contribution in [2.75, 3.05) is 0 Å². The van der Waals surface area contributed by atoms with E-state index in [-0.39, 0.29) is 11.9 Å². The Morgan fingerprint density at radius 2 is 1.47 bits per heavy atom. The number of nitrogens with one attached hydrogen (secondary N) is 2. The van der Waals surface area contributed by atoms with E-state index in [0.29, 0.717) is 6.61 Å². The van der Waals surface area contributed by atoms with Crippen molar-refractivity contribution in [3.63, 3.8) is 0 Å². The maximum atomic E-state index is 13.0. The van der Waals surface area contributed by atoms with Gasteiger partial charge in [-0.1, -0.05) is 60.7 Å². The lowest BCUT2D eigenvalue weighted by molar-refractivity contribution is -0.127. The molecule has 30 heavy (non-hydrogen) atoms. The molecule has 0 spiro atoms. The van der Waals surface area contributed by atoms with Crippen LogP contribution in [0.4, 0.5) is 4.79 Å². The van der Waals surface area contributed by atoms with Crippen molar-refractivity contribution in [3.05, 3.63) is 71.8 Å². The monoisotopic (exact) mass is 412 g/mol. The molecule has 162 valence electrons. The van der Waals surface area contributed by atoms with Crippen LogP contribution in [-0.2, 0) is 20.9 Å². The molecule has 2 aromatic carbocycles. The summed E-state index contributed by atoms with van der Waals surface area (Å²) in [6, 6.07) is 18.2. The summed E-state index contributed by atoms with van der Waals surface area (Å²) in [6.45, 7) is 9.30. The standard InChI is InChI=1S/C24H32N2O4/c1-17(20-14-10-7-11-15-20)25-22(27)21(26-23(28)30-24(3,4)5)18(2)29-16-19-12-8-6-9-13-19/h6-15,17-18,21H,16H2,1-5H3,(H,25,27)(H,26,28)/t17-,18+,21+/m0/s1. The molecule has 2 N–H and O–H groups in total. The fourth-order valence-electron chi connectivity index (χ4n) is 2.86. The van der Waals surface area contributed by atoms with E-state index in [1.807, 2.05) is 67.6 Å². The molecule has 2 amide bonds. The van der Waals surface area contributed by atoms with Crippen LogP contribution in [0.1, 0.15) is 51.8 Å². The van der Waals surface area contributed by atoms with Crippen LogP contribution in [0.3, 0.4) is 0 Å². The number of ether oxygens (including phenoxy) is 2. The first-order valence-electron chi connectivity index (χ1n) is 10.2. The first kappa shape index (κ1) is 23.4. The van der Waals surface area contributed by atoms with Crippen molar-refractivity contribution in [3.8, 4) is 0 Å². The van der Waals surface area contributed by atoms with Gasteiger partial charge in [-0.3, -0.25) is 4.79 Å². The summed E-state index contributed by atoms with van der Waals surface area (Å²) in [6.07, 6.45) is -1.23. The van der Waals surface area contributed by atoms with E-state index in [1.54, 1.807) is 27.7 Å². The van der Waals surface area contributed by atoms with Crippen LogP contribution >= 0.6 is 0 Å². The molecule has 0 aliphatic rings. The molecule has 6 heteroatoms. The Morgan fingerprint density at radius 3 is 2.03 bits per heavy atom. The van der Waals surface area contributed by atoms with Gasteiger partial charge in [0.05, 0.1) is 18.8 Å². The van der Waals surface area contributed by atoms with Gasteiger partial charge in [0, 0.05) is 0 Å². The molecule has 2 rings (SSSR count). The van der Waals surface area contributed by atoms with E-state index in [2.05, 4.69) is 10.6 Å². The molecule has 0 radical (unpaired) electrons. The summed E-state index contributed by atoms with van der Waals surface area (Å²) >= 11 is 0. The quantitative estimate of drug-likeness (QED) is 0.675. The van der Waals surface area contributed by atoms with Crippen LogP contribution in [-0.4, -0.2) is 29.7 Å². The summed E-state index contributed by atoms with van der Waals surface area (Å²) < 4.78 is 11.2. The smallest absolute Gasteiger partial charge is 0.408 e. The molecule has 6 nitrogen and oxygen atoms in total. The third-order valence-corrected chi connectivity index (χ3v) is 4.44. The molecule has 0 aromatic heterocycles. The lowest BCUT2D eigenvalue weighted by Gasteiger charge is -2.28. The molecule has 0 bridgehead atoms. The van der Waals surface area contributed by atoms with Gasteiger partial charge in [0.15, 0.2) is 0 Å². The van der Waals surface area contributed by atoms with Crippen LogP contribution < -0.4 is 10.6 Å². The summed E-state index contributed by atoms with van der Waals surface area (Å²) in [5.41, 5.74) is 1.29. The highest BCUT2D eigenvalue weighted by molar-refractivity contribution is 5.86. The normalized spacial score (nSPS) is 14.3. The van der Waals surface area contributed by atoms with Gasteiger partial charge in [-0.25, -0.2) is 4.79 Å². The number of carbonyl (C=O) groups is 2. The molecule has 3 atom stereocenters. The van der Waals surface area contributed by atoms with E-state index >= 15 is 0 Å². The highest BCUT2D eigenvalue weighted by Crippen LogP contribution is 2.14. The first-order valence-corrected chi connectivity index (χ1v) is 10.2. The Bertz CT molecular complexity index is 803. The molecule has 0 fully saturated rings. The second-order valence-corrected chi connectivity index (χ2v) is 8.27. The van der Waals surface area contributed by atoms with Crippen molar-refractivity contribution in [1.82, 2.24) is 10.6 Å². The van der Waals surface area contributed by atoms with E-state index in [1.165, 1.54) is 0 Å². The average molecular weight is 413 g/mol. The van der Waals surface area contributed by atoms with Crippen LogP contribution in [0.25, 0.3) is 0 Å². The number of hydrogen-bond donors (Lipinski definition) is 2. The molecule has 0 heterocycles. The van der Waals surface area contributed by atoms with Gasteiger partial charge in [0.25, 0.3) is 0 Å². The van der Waals surface area contributed by atoms with Gasteiger partial charge in [-0.15, -0.1) is 0 Å². The number of amides is 2. The first-order chi connectivity index (χ1) is 14.2. The number of alkyl carbamates (subject to hydrolysis) is 1. The molecule has 0 unspecified atom stereocenters. The minimum absolute atomic E-state index is 0.219. The van der Waals surface area contributed by atoms with E-state index in [0.717, 1.165) is 11.1 Å². The zero-order valence-corrected chi connectivity index (χ0v) is 18.3. The van der Waals surface area contributed by atoms with Crippen molar-refractivity contribution in [2.45, 2.75) is 65.0 Å². The molecule has 0 aliphatic heterocycles. The Labute approximate surface area is 179 Å². The number of hydrogen-bond acceptors (Lipinski definition) is 4. The van der Waals surface area contributed by atoms with Crippen LogP contribution in [0, 0.1) is 0 Å². The maximum Gasteiger partial charge on any atom is 0.408 e. The highest BCUT2D eigenvalue weighted by Gasteiger charge is 2.30. The van der Waals surface area contributed by atoms with E-state index in [4.69, 9.17) is 9.47 Å². The second kappa shape index (κ2) is 10.8. The fourth-order valence-corrected chi connectivity index (χ4v) is 2.86. The van der Waals surface area contributed by atoms with Crippen LogP contribution in [0.5, 0.6) is 0 Å². The largest absolute Gasteiger partial charge is 0.444 e. The molecule has 0 saturated heterocycles. The molecule has 0 aliphatic carbocycles. The van der Waals surface area contributed by atoms with Gasteiger partial charge >= 0.3 is 6.09 Å². The van der Waals surface area contributed by atoms with Crippen molar-refractivity contribution >= 4 is 12.0 Å². The van der Waals surface area contributed by atoms with E-state index < -0.39 is 23.8 Å². The summed E-state index contributed by atoms with van der Waals surface area (Å²) in [5.74, 6) is -0.335. The number of carbonyl (C=O) groups excluding carboxylic acids is 2. The minimum atomic E-state index is -0.908. The topological polar surface area (TPSA) is 76.7 Å². The third-order valence-electron chi connectivity index (χ3n) is 4.44. The van der Waals surface area contributed by atoms with Crippen LogP contribution in [0.2, 0.25) is 0 Å². The Balaban J connectivity index is 2.08.